The second-order valence-electron chi connectivity index (χ2n) is 11.0. The molecule has 1 aliphatic heterocycles. The Labute approximate surface area is 270 Å². The van der Waals surface area contributed by atoms with Crippen LogP contribution in [0.3, 0.4) is 0 Å². The second-order valence-corrected chi connectivity index (χ2v) is 11.0. The van der Waals surface area contributed by atoms with E-state index in [4.69, 9.17) is 23.7 Å². The zero-order valence-electron chi connectivity index (χ0n) is 25.2. The number of alkyl carbamates (subject to hydrolysis) is 1. The van der Waals surface area contributed by atoms with E-state index < -0.39 is 54.6 Å². The van der Waals surface area contributed by atoms with Crippen molar-refractivity contribution >= 4 is 24.0 Å². The number of esters is 2. The number of nitrogens with one attached hydrogen (secondary N) is 1. The summed E-state index contributed by atoms with van der Waals surface area (Å²) in [5.41, 5.74) is 4.38. The zero-order chi connectivity index (χ0) is 32.9. The molecule has 0 aromatic heterocycles. The molecule has 0 bridgehead atoms. The highest BCUT2D eigenvalue weighted by molar-refractivity contribution is 5.91. The van der Waals surface area contributed by atoms with Gasteiger partial charge in [-0.3, -0.25) is 0 Å². The fourth-order valence-electron chi connectivity index (χ4n) is 5.97. The van der Waals surface area contributed by atoms with Crippen molar-refractivity contribution in [3.63, 3.8) is 0 Å². The van der Waals surface area contributed by atoms with Gasteiger partial charge in [0.25, 0.3) is 0 Å². The van der Waals surface area contributed by atoms with Crippen LogP contribution in [0.25, 0.3) is 11.1 Å². The van der Waals surface area contributed by atoms with Gasteiger partial charge in [0.1, 0.15) is 12.6 Å². The average molecular weight is 638 g/mol. The van der Waals surface area contributed by atoms with Crippen LogP contribution in [0, 0.1) is 0 Å². The molecule has 240 valence electrons. The monoisotopic (exact) mass is 637 g/mol. The number of carboxylic acid groups (broad SMARTS) is 1. The minimum Gasteiger partial charge on any atom is -0.479 e. The molecule has 2 aliphatic rings. The van der Waals surface area contributed by atoms with E-state index in [0.29, 0.717) is 0 Å². The molecule has 1 saturated heterocycles. The smallest absolute Gasteiger partial charge is 0.407 e. The number of hydrogen-bond acceptors (Lipinski definition) is 9. The average Bonchev–Trinajstić information content (AvgIpc) is 3.42. The van der Waals surface area contributed by atoms with Crippen molar-refractivity contribution in [1.82, 2.24) is 5.32 Å². The summed E-state index contributed by atoms with van der Waals surface area (Å²) in [4.78, 5) is 52.3. The molecule has 11 nitrogen and oxygen atoms in total. The maximum atomic E-state index is 13.4. The summed E-state index contributed by atoms with van der Waals surface area (Å²) in [7, 11) is 1.24. The van der Waals surface area contributed by atoms with E-state index in [1.807, 2.05) is 48.5 Å². The van der Waals surface area contributed by atoms with E-state index >= 15 is 0 Å². The molecule has 1 aliphatic carbocycles. The van der Waals surface area contributed by atoms with Gasteiger partial charge in [-0.05, 0) is 46.5 Å². The van der Waals surface area contributed by atoms with Gasteiger partial charge in [-0.2, -0.15) is 0 Å². The standard InChI is InChI=1S/C36H31NO10/c1-43-35-28(37-36(42)44-20-27-25-18-10-8-16-23(25)24-17-9-11-19-26(24)27)29(45-33(40)21-12-4-2-5-13-21)30(31(47-35)32(38)39)46-34(41)22-14-6-3-7-15-22/h2-19,27-31,35H,20H2,1H3,(H,37,42)(H,38,39)/t28-,29-,30+,31+,35+/m1/s1. The van der Waals surface area contributed by atoms with Crippen molar-refractivity contribution < 1.29 is 48.0 Å². The highest BCUT2D eigenvalue weighted by atomic mass is 16.7. The first kappa shape index (κ1) is 31.5. The number of rotatable bonds is 9. The van der Waals surface area contributed by atoms with Crippen molar-refractivity contribution in [2.75, 3.05) is 13.7 Å². The largest absolute Gasteiger partial charge is 0.479 e. The van der Waals surface area contributed by atoms with E-state index in [0.717, 1.165) is 22.3 Å². The molecule has 0 spiro atoms. The molecule has 1 amide bonds. The first-order valence-corrected chi connectivity index (χ1v) is 14.9. The molecule has 0 radical (unpaired) electrons. The number of ether oxygens (including phenoxy) is 5. The van der Waals surface area contributed by atoms with Gasteiger partial charge in [0, 0.05) is 13.0 Å². The lowest BCUT2D eigenvalue weighted by molar-refractivity contribution is -0.255. The quantitative estimate of drug-likeness (QED) is 0.194. The Hall–Kier alpha value is -5.52. The molecule has 0 unspecified atom stereocenters. The maximum absolute atomic E-state index is 13.4. The van der Waals surface area contributed by atoms with Crippen molar-refractivity contribution in [3.8, 4) is 11.1 Å². The summed E-state index contributed by atoms with van der Waals surface area (Å²) in [6.45, 7) is -0.0241. The zero-order valence-corrected chi connectivity index (χ0v) is 25.2. The first-order valence-electron chi connectivity index (χ1n) is 14.9. The number of amides is 1. The van der Waals surface area contributed by atoms with E-state index in [1.165, 1.54) is 31.4 Å². The van der Waals surface area contributed by atoms with Crippen LogP contribution in [-0.2, 0) is 28.5 Å². The second kappa shape index (κ2) is 13.9. The molecule has 2 N–H and O–H groups in total. The summed E-state index contributed by atoms with van der Waals surface area (Å²) in [6.07, 6.45) is -7.43. The van der Waals surface area contributed by atoms with E-state index in [2.05, 4.69) is 5.32 Å². The van der Waals surface area contributed by atoms with Crippen LogP contribution in [0.1, 0.15) is 37.8 Å². The van der Waals surface area contributed by atoms with Gasteiger partial charge in [-0.25, -0.2) is 19.2 Å². The highest BCUT2D eigenvalue weighted by Gasteiger charge is 2.54. The van der Waals surface area contributed by atoms with Crippen LogP contribution in [0.2, 0.25) is 0 Å². The van der Waals surface area contributed by atoms with E-state index in [9.17, 15) is 24.3 Å². The highest BCUT2D eigenvalue weighted by Crippen LogP contribution is 2.44. The van der Waals surface area contributed by atoms with Gasteiger partial charge < -0.3 is 34.1 Å². The molecule has 0 saturated carbocycles. The van der Waals surface area contributed by atoms with Crippen LogP contribution < -0.4 is 5.32 Å². The summed E-state index contributed by atoms with van der Waals surface area (Å²) in [6, 6.07) is 30.2. The molecule has 1 fully saturated rings. The third kappa shape index (κ3) is 6.57. The fraction of sp³-hybridized carbons (Fsp3) is 0.222. The Bertz CT molecular complexity index is 1720. The Morgan fingerprint density at radius 1 is 0.702 bits per heavy atom. The van der Waals surface area contributed by atoms with Crippen LogP contribution in [-0.4, -0.2) is 73.5 Å². The predicted octanol–water partition coefficient (Wildman–Crippen LogP) is 4.80. The maximum Gasteiger partial charge on any atom is 0.407 e. The number of hydrogen-bond donors (Lipinski definition) is 2. The molecular formula is C36H31NO10. The van der Waals surface area contributed by atoms with Crippen molar-refractivity contribution in [2.45, 2.75) is 36.6 Å². The Balaban J connectivity index is 1.27. The molecule has 11 heteroatoms. The van der Waals surface area contributed by atoms with Crippen LogP contribution in [0.4, 0.5) is 4.79 Å². The van der Waals surface area contributed by atoms with Gasteiger partial charge in [-0.1, -0.05) is 84.9 Å². The number of fused-ring (bicyclic) bond motifs is 3. The third-order valence-electron chi connectivity index (χ3n) is 8.16. The lowest BCUT2D eigenvalue weighted by atomic mass is 9.95. The van der Waals surface area contributed by atoms with Gasteiger partial charge in [0.2, 0.25) is 0 Å². The Morgan fingerprint density at radius 2 is 1.19 bits per heavy atom. The van der Waals surface area contributed by atoms with Gasteiger partial charge in [-0.15, -0.1) is 0 Å². The van der Waals surface area contributed by atoms with Crippen LogP contribution >= 0.6 is 0 Å². The van der Waals surface area contributed by atoms with Crippen molar-refractivity contribution in [3.05, 3.63) is 131 Å². The summed E-state index contributed by atoms with van der Waals surface area (Å²) < 4.78 is 28.3. The minimum absolute atomic E-state index is 0.0241. The number of aliphatic carboxylic acids is 1. The topological polar surface area (TPSA) is 147 Å². The number of carbonyl (C=O) groups is 4. The normalized spacial score (nSPS) is 21.5. The Morgan fingerprint density at radius 3 is 1.70 bits per heavy atom. The van der Waals surface area contributed by atoms with Crippen molar-refractivity contribution in [2.24, 2.45) is 0 Å². The van der Waals surface area contributed by atoms with E-state index in [-0.39, 0.29) is 23.7 Å². The Kier molecular flexibility index (Phi) is 9.28. The van der Waals surface area contributed by atoms with E-state index in [1.54, 1.807) is 36.4 Å². The first-order chi connectivity index (χ1) is 22.9. The van der Waals surface area contributed by atoms with Crippen molar-refractivity contribution in [1.29, 1.82) is 0 Å². The lowest BCUT2D eigenvalue weighted by Crippen LogP contribution is -2.67. The number of methoxy groups -OCH3 is 1. The molecule has 4 aromatic carbocycles. The SMILES string of the molecule is CO[C@H]1O[C@H](C(=O)O)[C@@H](OC(=O)c2ccccc2)[C@H](OC(=O)c2ccccc2)[C@H]1NC(=O)OCC1c2ccccc2-c2ccccc21. The molecule has 47 heavy (non-hydrogen) atoms. The molecule has 4 aromatic rings. The molecular weight excluding hydrogens is 606 g/mol. The molecule has 5 atom stereocenters. The molecule has 6 rings (SSSR count). The number of carbonyl (C=O) groups excluding carboxylic acids is 3. The van der Waals surface area contributed by atoms with Crippen LogP contribution in [0.15, 0.2) is 109 Å². The van der Waals surface area contributed by atoms with Gasteiger partial charge >= 0.3 is 24.0 Å². The van der Waals surface area contributed by atoms with Crippen LogP contribution in [0.5, 0.6) is 0 Å². The van der Waals surface area contributed by atoms with Gasteiger partial charge in [0.15, 0.2) is 24.6 Å². The minimum atomic E-state index is -1.82. The lowest BCUT2D eigenvalue weighted by Gasteiger charge is -2.43. The number of benzene rings is 4. The summed E-state index contributed by atoms with van der Waals surface area (Å²) in [5, 5.41) is 12.7. The summed E-state index contributed by atoms with van der Waals surface area (Å²) in [5.74, 6) is -3.48. The fourth-order valence-corrected chi connectivity index (χ4v) is 5.97. The summed E-state index contributed by atoms with van der Waals surface area (Å²) >= 11 is 0. The predicted molar refractivity (Wildman–Crippen MR) is 167 cm³/mol. The molecule has 1 heterocycles. The number of carboxylic acids is 1. The van der Waals surface area contributed by atoms with Gasteiger partial charge in [0.05, 0.1) is 11.1 Å². The third-order valence-corrected chi connectivity index (χ3v) is 8.16.